The van der Waals surface area contributed by atoms with Gasteiger partial charge >= 0.3 is 0 Å². The Morgan fingerprint density at radius 1 is 1.33 bits per heavy atom. The number of pyridine rings is 1. The second-order valence-electron chi connectivity index (χ2n) is 7.19. The maximum atomic E-state index is 12.8. The summed E-state index contributed by atoms with van der Waals surface area (Å²) in [5, 5.41) is 3.59. The first-order valence-corrected chi connectivity index (χ1v) is 12.1. The van der Waals surface area contributed by atoms with Crippen LogP contribution in [0.1, 0.15) is 58.8 Å². The van der Waals surface area contributed by atoms with Gasteiger partial charge in [0.25, 0.3) is 0 Å². The van der Waals surface area contributed by atoms with Gasteiger partial charge in [-0.25, -0.2) is 13.4 Å². The van der Waals surface area contributed by atoms with Gasteiger partial charge in [0.2, 0.25) is 15.9 Å². The molecule has 0 saturated heterocycles. The number of amides is 1. The van der Waals surface area contributed by atoms with Gasteiger partial charge < -0.3 is 5.32 Å². The fourth-order valence-electron chi connectivity index (χ4n) is 3.37. The molecule has 1 atom stereocenters. The summed E-state index contributed by atoms with van der Waals surface area (Å²) in [6, 6.07) is 3.50. The Morgan fingerprint density at radius 2 is 2.04 bits per heavy atom. The maximum absolute atomic E-state index is 12.8. The van der Waals surface area contributed by atoms with Crippen LogP contribution in [0, 0.1) is 0 Å². The van der Waals surface area contributed by atoms with Gasteiger partial charge in [-0.1, -0.05) is 44.4 Å². The van der Waals surface area contributed by atoms with Gasteiger partial charge in [0, 0.05) is 25.3 Å². The van der Waals surface area contributed by atoms with Gasteiger partial charge in [0.15, 0.2) is 0 Å². The first-order valence-electron chi connectivity index (χ1n) is 9.70. The zero-order chi connectivity index (χ0) is 19.9. The van der Waals surface area contributed by atoms with Crippen LogP contribution in [-0.2, 0) is 14.8 Å². The number of rotatable bonds is 9. The molecular formula is C19H31N3O3S2. The van der Waals surface area contributed by atoms with Crippen molar-refractivity contribution in [3.8, 4) is 0 Å². The predicted octanol–water partition coefficient (Wildman–Crippen LogP) is 3.43. The van der Waals surface area contributed by atoms with Gasteiger partial charge in [-0.05, 0) is 38.3 Å². The standard InChI is InChI=1S/C19H31N3O3S2/c1-4-8-15(2)21-18(23)14-26-19-12-11-17(13-20-19)27(24,25)22(3)16-9-6-5-7-10-16/h11-13,15-16H,4-10,14H2,1-3H3,(H,21,23)/t15-/m1/s1. The molecule has 6 nitrogen and oxygen atoms in total. The van der Waals surface area contributed by atoms with Crippen LogP contribution in [0.5, 0.6) is 0 Å². The highest BCUT2D eigenvalue weighted by Crippen LogP contribution is 2.26. The summed E-state index contributed by atoms with van der Waals surface area (Å²) in [5.41, 5.74) is 0. The van der Waals surface area contributed by atoms with E-state index in [1.807, 2.05) is 6.92 Å². The maximum Gasteiger partial charge on any atom is 0.244 e. The summed E-state index contributed by atoms with van der Waals surface area (Å²) in [5.74, 6) is 0.242. The van der Waals surface area contributed by atoms with E-state index < -0.39 is 10.0 Å². The minimum absolute atomic E-state index is 0.0310. The Labute approximate surface area is 167 Å². The van der Waals surface area contributed by atoms with Gasteiger partial charge in [-0.2, -0.15) is 4.31 Å². The summed E-state index contributed by atoms with van der Waals surface area (Å²) >= 11 is 1.31. The summed E-state index contributed by atoms with van der Waals surface area (Å²) in [6.07, 6.45) is 8.56. The summed E-state index contributed by atoms with van der Waals surface area (Å²) in [6.45, 7) is 4.08. The van der Waals surface area contributed by atoms with E-state index in [-0.39, 0.29) is 28.6 Å². The lowest BCUT2D eigenvalue weighted by atomic mass is 9.96. The number of nitrogens with one attached hydrogen (secondary N) is 1. The van der Waals surface area contributed by atoms with Crippen LogP contribution < -0.4 is 5.32 Å². The van der Waals surface area contributed by atoms with Gasteiger partial charge in [-0.3, -0.25) is 4.79 Å². The normalized spacial score (nSPS) is 17.0. The number of sulfonamides is 1. The predicted molar refractivity (Wildman–Crippen MR) is 109 cm³/mol. The van der Waals surface area contributed by atoms with Crippen molar-refractivity contribution in [3.05, 3.63) is 18.3 Å². The van der Waals surface area contributed by atoms with Crippen LogP contribution in [0.2, 0.25) is 0 Å². The number of carbonyl (C=O) groups is 1. The van der Waals surface area contributed by atoms with Crippen molar-refractivity contribution in [3.63, 3.8) is 0 Å². The van der Waals surface area contributed by atoms with Crippen molar-refractivity contribution < 1.29 is 13.2 Å². The molecule has 2 rings (SSSR count). The molecule has 1 saturated carbocycles. The Morgan fingerprint density at radius 3 is 2.63 bits per heavy atom. The lowest BCUT2D eigenvalue weighted by Crippen LogP contribution is -2.38. The molecule has 152 valence electrons. The largest absolute Gasteiger partial charge is 0.353 e. The molecule has 0 radical (unpaired) electrons. The number of carbonyl (C=O) groups excluding carboxylic acids is 1. The number of nitrogens with zero attached hydrogens (tertiary/aromatic N) is 2. The minimum atomic E-state index is -3.53. The summed E-state index contributed by atoms with van der Waals surface area (Å²) in [7, 11) is -1.86. The summed E-state index contributed by atoms with van der Waals surface area (Å²) in [4.78, 5) is 16.4. The van der Waals surface area contributed by atoms with E-state index in [1.165, 1.54) is 28.7 Å². The average Bonchev–Trinajstić information content (AvgIpc) is 2.67. The van der Waals surface area contributed by atoms with Crippen molar-refractivity contribution in [2.75, 3.05) is 12.8 Å². The second kappa shape index (κ2) is 10.4. The summed E-state index contributed by atoms with van der Waals surface area (Å²) < 4.78 is 27.1. The SMILES string of the molecule is CCC[C@@H](C)NC(=O)CSc1ccc(S(=O)(=O)N(C)C2CCCCC2)cn1. The van der Waals surface area contributed by atoms with E-state index in [9.17, 15) is 13.2 Å². The van der Waals surface area contributed by atoms with E-state index in [0.29, 0.717) is 5.03 Å². The lowest BCUT2D eigenvalue weighted by molar-refractivity contribution is -0.119. The van der Waals surface area contributed by atoms with Crippen molar-refractivity contribution in [2.45, 2.75) is 80.8 Å². The highest BCUT2D eigenvalue weighted by atomic mass is 32.2. The fourth-order valence-corrected chi connectivity index (χ4v) is 5.39. The third-order valence-electron chi connectivity index (χ3n) is 4.96. The first-order chi connectivity index (χ1) is 12.8. The molecule has 1 aromatic heterocycles. The molecule has 1 fully saturated rings. The van der Waals surface area contributed by atoms with Crippen LogP contribution in [0.25, 0.3) is 0 Å². The minimum Gasteiger partial charge on any atom is -0.353 e. The van der Waals surface area contributed by atoms with Crippen LogP contribution in [0.15, 0.2) is 28.3 Å². The quantitative estimate of drug-likeness (QED) is 0.628. The van der Waals surface area contributed by atoms with Gasteiger partial charge in [0.05, 0.1) is 10.8 Å². The van der Waals surface area contributed by atoms with Crippen LogP contribution in [-0.4, -0.2) is 48.5 Å². The van der Waals surface area contributed by atoms with E-state index >= 15 is 0 Å². The molecule has 0 unspecified atom stereocenters. The molecule has 1 aliphatic rings. The van der Waals surface area contributed by atoms with Crippen molar-refractivity contribution in [1.29, 1.82) is 0 Å². The third-order valence-corrected chi connectivity index (χ3v) is 7.79. The molecule has 27 heavy (non-hydrogen) atoms. The highest BCUT2D eigenvalue weighted by Gasteiger charge is 2.29. The number of thioether (sulfide) groups is 1. The number of hydrogen-bond donors (Lipinski definition) is 1. The average molecular weight is 414 g/mol. The molecule has 8 heteroatoms. The van der Waals surface area contributed by atoms with Crippen molar-refractivity contribution >= 4 is 27.7 Å². The van der Waals surface area contributed by atoms with E-state index in [1.54, 1.807) is 19.2 Å². The molecule has 1 aliphatic carbocycles. The van der Waals surface area contributed by atoms with Gasteiger partial charge in [-0.15, -0.1) is 0 Å². The van der Waals surface area contributed by atoms with Gasteiger partial charge in [0.1, 0.15) is 4.90 Å². The Balaban J connectivity index is 1.92. The molecule has 0 spiro atoms. The molecule has 0 aliphatic heterocycles. The van der Waals surface area contributed by atoms with Crippen molar-refractivity contribution in [1.82, 2.24) is 14.6 Å². The molecule has 1 aromatic rings. The Bertz CT molecular complexity index is 701. The fraction of sp³-hybridized carbons (Fsp3) is 0.684. The highest BCUT2D eigenvalue weighted by molar-refractivity contribution is 7.99. The van der Waals surface area contributed by atoms with E-state index in [2.05, 4.69) is 17.2 Å². The van der Waals surface area contributed by atoms with E-state index in [0.717, 1.165) is 38.5 Å². The zero-order valence-corrected chi connectivity index (χ0v) is 18.1. The Kier molecular flexibility index (Phi) is 8.57. The van der Waals surface area contributed by atoms with Crippen LogP contribution in [0.3, 0.4) is 0 Å². The van der Waals surface area contributed by atoms with E-state index in [4.69, 9.17) is 0 Å². The van der Waals surface area contributed by atoms with Crippen LogP contribution in [0.4, 0.5) is 0 Å². The topological polar surface area (TPSA) is 79.4 Å². The molecule has 1 N–H and O–H groups in total. The van der Waals surface area contributed by atoms with Crippen molar-refractivity contribution in [2.24, 2.45) is 0 Å². The molecule has 1 amide bonds. The lowest BCUT2D eigenvalue weighted by Gasteiger charge is -2.30. The molecular weight excluding hydrogens is 382 g/mol. The molecule has 0 aromatic carbocycles. The smallest absolute Gasteiger partial charge is 0.244 e. The van der Waals surface area contributed by atoms with Crippen LogP contribution >= 0.6 is 11.8 Å². The zero-order valence-electron chi connectivity index (χ0n) is 16.5. The molecule has 0 bridgehead atoms. The number of hydrogen-bond acceptors (Lipinski definition) is 5. The second-order valence-corrected chi connectivity index (χ2v) is 10.2. The third kappa shape index (κ3) is 6.47. The number of aromatic nitrogens is 1. The monoisotopic (exact) mass is 413 g/mol. The molecule has 1 heterocycles. The first kappa shape index (κ1) is 22.2. The Hall–Kier alpha value is -1.12.